The molecule has 0 radical (unpaired) electrons. The predicted octanol–water partition coefficient (Wildman–Crippen LogP) is 7.60. The molecule has 0 unspecified atom stereocenters. The minimum Gasteiger partial charge on any atom is -0.456 e. The summed E-state index contributed by atoms with van der Waals surface area (Å²) in [6.45, 7) is 2.08. The summed E-state index contributed by atoms with van der Waals surface area (Å²) in [5.41, 5.74) is 4.70. The van der Waals surface area contributed by atoms with Gasteiger partial charge < -0.3 is 8.83 Å². The molecule has 0 amide bonds. The Morgan fingerprint density at radius 3 is 1.81 bits per heavy atom. The SMILES string of the molecule is Cc1ccc2c(c1)oc1cc3cc4oc5cc(Cl)ccc5c4cc3cc12. The molecule has 0 spiro atoms. The Bertz CT molecular complexity index is 1390. The van der Waals surface area contributed by atoms with Crippen molar-refractivity contribution in [2.24, 2.45) is 0 Å². The van der Waals surface area contributed by atoms with E-state index < -0.39 is 0 Å². The molecule has 0 aliphatic heterocycles. The minimum absolute atomic E-state index is 0.681. The first kappa shape index (κ1) is 14.2. The maximum Gasteiger partial charge on any atom is 0.136 e. The van der Waals surface area contributed by atoms with Crippen LogP contribution in [-0.2, 0) is 0 Å². The average Bonchev–Trinajstić information content (AvgIpc) is 3.13. The Labute approximate surface area is 153 Å². The summed E-state index contributed by atoms with van der Waals surface area (Å²) in [5, 5.41) is 7.43. The number of hydrogen-bond acceptors (Lipinski definition) is 2. The zero-order valence-corrected chi connectivity index (χ0v) is 14.7. The molecule has 26 heavy (non-hydrogen) atoms. The highest BCUT2D eigenvalue weighted by Gasteiger charge is 2.12. The van der Waals surface area contributed by atoms with Gasteiger partial charge in [0.15, 0.2) is 0 Å². The first-order chi connectivity index (χ1) is 12.7. The van der Waals surface area contributed by atoms with E-state index in [9.17, 15) is 0 Å². The Kier molecular flexibility index (Phi) is 2.63. The van der Waals surface area contributed by atoms with Gasteiger partial charge >= 0.3 is 0 Å². The van der Waals surface area contributed by atoms with Crippen molar-refractivity contribution >= 4 is 66.3 Å². The number of hydrogen-bond donors (Lipinski definition) is 0. The van der Waals surface area contributed by atoms with Crippen molar-refractivity contribution in [1.82, 2.24) is 0 Å². The molecule has 0 N–H and O–H groups in total. The normalized spacial score (nSPS) is 12.2. The molecule has 3 heteroatoms. The lowest BCUT2D eigenvalue weighted by atomic mass is 10.0. The molecule has 2 nitrogen and oxygen atoms in total. The summed E-state index contributed by atoms with van der Waals surface area (Å²) < 4.78 is 12.1. The second-order valence-corrected chi connectivity index (χ2v) is 7.32. The van der Waals surface area contributed by atoms with Crippen molar-refractivity contribution in [3.63, 3.8) is 0 Å². The van der Waals surface area contributed by atoms with Crippen LogP contribution in [0.4, 0.5) is 0 Å². The summed E-state index contributed by atoms with van der Waals surface area (Å²) in [4.78, 5) is 0. The fraction of sp³-hybridized carbons (Fsp3) is 0.0435. The maximum absolute atomic E-state index is 6.10. The molecule has 4 aromatic carbocycles. The van der Waals surface area contributed by atoms with Crippen molar-refractivity contribution in [3.05, 3.63) is 71.2 Å². The third-order valence-electron chi connectivity index (χ3n) is 5.14. The van der Waals surface area contributed by atoms with Gasteiger partial charge in [-0.1, -0.05) is 23.7 Å². The van der Waals surface area contributed by atoms with Crippen LogP contribution in [-0.4, -0.2) is 0 Å². The molecule has 6 rings (SSSR count). The monoisotopic (exact) mass is 356 g/mol. The first-order valence-corrected chi connectivity index (χ1v) is 8.92. The van der Waals surface area contributed by atoms with Crippen LogP contribution in [0.2, 0.25) is 5.02 Å². The average molecular weight is 357 g/mol. The number of aryl methyl sites for hydroxylation is 1. The molecule has 6 aromatic rings. The predicted molar refractivity (Wildman–Crippen MR) is 108 cm³/mol. The fourth-order valence-corrected chi connectivity index (χ4v) is 4.04. The van der Waals surface area contributed by atoms with E-state index in [-0.39, 0.29) is 0 Å². The number of fused-ring (bicyclic) bond motifs is 7. The van der Waals surface area contributed by atoms with E-state index in [4.69, 9.17) is 20.4 Å². The molecule has 0 atom stereocenters. The Balaban J connectivity index is 1.75. The lowest BCUT2D eigenvalue weighted by Gasteiger charge is -1.99. The number of halogens is 1. The largest absolute Gasteiger partial charge is 0.456 e. The molecule has 2 heterocycles. The van der Waals surface area contributed by atoms with E-state index in [0.29, 0.717) is 5.02 Å². The minimum atomic E-state index is 0.681. The molecule has 2 aromatic heterocycles. The van der Waals surface area contributed by atoms with E-state index in [2.05, 4.69) is 49.4 Å². The van der Waals surface area contributed by atoms with Crippen LogP contribution in [0.25, 0.3) is 54.6 Å². The Morgan fingerprint density at radius 1 is 0.577 bits per heavy atom. The summed E-state index contributed by atoms with van der Waals surface area (Å²) >= 11 is 6.10. The van der Waals surface area contributed by atoms with Crippen LogP contribution in [0.5, 0.6) is 0 Å². The number of rotatable bonds is 0. The van der Waals surface area contributed by atoms with E-state index in [1.54, 1.807) is 0 Å². The van der Waals surface area contributed by atoms with E-state index in [1.807, 2.05) is 18.2 Å². The third kappa shape index (κ3) is 1.88. The van der Waals surface area contributed by atoms with E-state index in [0.717, 1.165) is 49.3 Å². The van der Waals surface area contributed by atoms with Gasteiger partial charge in [-0.2, -0.15) is 0 Å². The van der Waals surface area contributed by atoms with E-state index >= 15 is 0 Å². The van der Waals surface area contributed by atoms with Crippen molar-refractivity contribution in [2.45, 2.75) is 6.92 Å². The van der Waals surface area contributed by atoms with Crippen molar-refractivity contribution < 1.29 is 8.83 Å². The number of benzene rings is 4. The zero-order valence-electron chi connectivity index (χ0n) is 14.0. The van der Waals surface area contributed by atoms with Gasteiger partial charge in [-0.05, 0) is 65.7 Å². The maximum atomic E-state index is 6.10. The molecule has 0 saturated carbocycles. The van der Waals surface area contributed by atoms with Crippen LogP contribution in [0.15, 0.2) is 69.5 Å². The summed E-state index contributed by atoms with van der Waals surface area (Å²) in [7, 11) is 0. The molecule has 0 aliphatic rings. The Morgan fingerprint density at radius 2 is 1.12 bits per heavy atom. The highest BCUT2D eigenvalue weighted by atomic mass is 35.5. The standard InChI is InChI=1S/C23H13ClO2/c1-12-2-4-16-18-7-13-8-19-17-5-3-15(24)11-23(17)26-22(19)10-14(13)9-21(18)25-20(16)6-12/h2-11H,1H3. The van der Waals surface area contributed by atoms with Gasteiger partial charge in [0.05, 0.1) is 0 Å². The summed E-state index contributed by atoms with van der Waals surface area (Å²) in [6.07, 6.45) is 0. The molecule has 0 fully saturated rings. The van der Waals surface area contributed by atoms with Gasteiger partial charge in [0.2, 0.25) is 0 Å². The molecule has 0 bridgehead atoms. The Hall–Kier alpha value is -2.97. The van der Waals surface area contributed by atoms with Crippen molar-refractivity contribution in [3.8, 4) is 0 Å². The van der Waals surface area contributed by atoms with Crippen LogP contribution >= 0.6 is 11.6 Å². The van der Waals surface area contributed by atoms with Crippen molar-refractivity contribution in [1.29, 1.82) is 0 Å². The van der Waals surface area contributed by atoms with Gasteiger partial charge in [0, 0.05) is 32.6 Å². The quantitative estimate of drug-likeness (QED) is 0.280. The smallest absolute Gasteiger partial charge is 0.136 e. The van der Waals surface area contributed by atoms with Crippen molar-refractivity contribution in [2.75, 3.05) is 0 Å². The lowest BCUT2D eigenvalue weighted by Crippen LogP contribution is -1.75. The van der Waals surface area contributed by atoms with Gasteiger partial charge in [-0.3, -0.25) is 0 Å². The fourth-order valence-electron chi connectivity index (χ4n) is 3.87. The first-order valence-electron chi connectivity index (χ1n) is 8.54. The molecule has 0 aliphatic carbocycles. The highest BCUT2D eigenvalue weighted by molar-refractivity contribution is 6.31. The molecular formula is C23H13ClO2. The van der Waals surface area contributed by atoms with Crippen LogP contribution in [0.3, 0.4) is 0 Å². The zero-order chi connectivity index (χ0) is 17.4. The van der Waals surface area contributed by atoms with E-state index in [1.165, 1.54) is 10.9 Å². The van der Waals surface area contributed by atoms with Crippen LogP contribution < -0.4 is 0 Å². The second-order valence-electron chi connectivity index (χ2n) is 6.89. The third-order valence-corrected chi connectivity index (χ3v) is 5.37. The van der Waals surface area contributed by atoms with Crippen LogP contribution in [0, 0.1) is 6.92 Å². The lowest BCUT2D eigenvalue weighted by molar-refractivity contribution is 0.668. The molecule has 124 valence electrons. The summed E-state index contributed by atoms with van der Waals surface area (Å²) in [5.74, 6) is 0. The molecular weight excluding hydrogens is 344 g/mol. The topological polar surface area (TPSA) is 26.3 Å². The van der Waals surface area contributed by atoms with Gasteiger partial charge in [-0.15, -0.1) is 0 Å². The summed E-state index contributed by atoms with van der Waals surface area (Å²) in [6, 6.07) is 20.7. The van der Waals surface area contributed by atoms with Crippen LogP contribution in [0.1, 0.15) is 5.56 Å². The van der Waals surface area contributed by atoms with Gasteiger partial charge in [0.1, 0.15) is 22.3 Å². The molecule has 0 saturated heterocycles. The van der Waals surface area contributed by atoms with Gasteiger partial charge in [-0.25, -0.2) is 0 Å². The highest BCUT2D eigenvalue weighted by Crippen LogP contribution is 2.37. The second kappa shape index (κ2) is 4.80. The van der Waals surface area contributed by atoms with Gasteiger partial charge in [0.25, 0.3) is 0 Å². The number of furan rings is 2.